The summed E-state index contributed by atoms with van der Waals surface area (Å²) in [6.45, 7) is 5.61. The molecule has 1 aromatic heterocycles. The number of nitrogens with two attached hydrogens (primary N) is 1. The second-order valence-corrected chi connectivity index (χ2v) is 6.05. The van der Waals surface area contributed by atoms with Gasteiger partial charge in [0.15, 0.2) is 0 Å². The molecule has 24 heavy (non-hydrogen) atoms. The Morgan fingerprint density at radius 3 is 2.54 bits per heavy atom. The van der Waals surface area contributed by atoms with Crippen molar-refractivity contribution in [3.05, 3.63) is 54.2 Å². The molecule has 0 aliphatic carbocycles. The molecule has 0 unspecified atom stereocenters. The summed E-state index contributed by atoms with van der Waals surface area (Å²) >= 11 is 0. The molecular formula is C19H26N4O. The van der Waals surface area contributed by atoms with Crippen LogP contribution in [-0.4, -0.2) is 23.5 Å². The van der Waals surface area contributed by atoms with Gasteiger partial charge < -0.3 is 16.0 Å². The van der Waals surface area contributed by atoms with E-state index < -0.39 is 0 Å². The summed E-state index contributed by atoms with van der Waals surface area (Å²) in [5.74, 6) is 0.869. The largest absolute Gasteiger partial charge is 0.350 e. The molecule has 1 aromatic carbocycles. The second kappa shape index (κ2) is 9.03. The number of hydrogen-bond donors (Lipinski definition) is 2. The van der Waals surface area contributed by atoms with E-state index in [0.717, 1.165) is 12.4 Å². The molecule has 0 saturated heterocycles. The molecule has 128 valence electrons. The molecule has 2 aromatic rings. The van der Waals surface area contributed by atoms with Crippen LogP contribution in [0.2, 0.25) is 0 Å². The molecule has 0 bridgehead atoms. The first-order valence-electron chi connectivity index (χ1n) is 8.36. The van der Waals surface area contributed by atoms with Crippen LogP contribution in [0.4, 0.5) is 11.5 Å². The summed E-state index contributed by atoms with van der Waals surface area (Å²) in [4.78, 5) is 18.5. The number of carbonyl (C=O) groups excluding carboxylic acids is 1. The van der Waals surface area contributed by atoms with E-state index in [1.807, 2.05) is 30.3 Å². The molecule has 1 heterocycles. The van der Waals surface area contributed by atoms with E-state index in [9.17, 15) is 4.79 Å². The minimum absolute atomic E-state index is 0.0278. The molecule has 0 atom stereocenters. The highest BCUT2D eigenvalue weighted by atomic mass is 16.1. The lowest BCUT2D eigenvalue weighted by Gasteiger charge is -2.28. The van der Waals surface area contributed by atoms with Gasteiger partial charge in [0.05, 0.1) is 11.9 Å². The SMILES string of the molecule is CC(C)N(Cc1ccccc1)c1ccc(NC(=O)CCCN)cn1. The monoisotopic (exact) mass is 326 g/mol. The molecule has 0 aliphatic rings. The quantitative estimate of drug-likeness (QED) is 0.781. The van der Waals surface area contributed by atoms with Crippen LogP contribution in [0.1, 0.15) is 32.3 Å². The standard InChI is InChI=1S/C19H26N4O/c1-15(2)23(14-16-7-4-3-5-8-16)18-11-10-17(13-21-18)22-19(24)9-6-12-20/h3-5,7-8,10-11,13,15H,6,9,12,14,20H2,1-2H3,(H,22,24). The van der Waals surface area contributed by atoms with Gasteiger partial charge >= 0.3 is 0 Å². The van der Waals surface area contributed by atoms with E-state index in [1.165, 1.54) is 5.56 Å². The van der Waals surface area contributed by atoms with Gasteiger partial charge in [0, 0.05) is 19.0 Å². The minimum atomic E-state index is -0.0278. The molecule has 0 fully saturated rings. The van der Waals surface area contributed by atoms with E-state index >= 15 is 0 Å². The zero-order valence-corrected chi connectivity index (χ0v) is 14.4. The van der Waals surface area contributed by atoms with Crippen molar-refractivity contribution in [3.63, 3.8) is 0 Å². The highest BCUT2D eigenvalue weighted by Crippen LogP contribution is 2.19. The van der Waals surface area contributed by atoms with E-state index in [1.54, 1.807) is 6.20 Å². The molecule has 0 aliphatic heterocycles. The zero-order valence-electron chi connectivity index (χ0n) is 14.4. The van der Waals surface area contributed by atoms with Crippen molar-refractivity contribution in [2.75, 3.05) is 16.8 Å². The van der Waals surface area contributed by atoms with Crippen molar-refractivity contribution < 1.29 is 4.79 Å². The average Bonchev–Trinajstić information content (AvgIpc) is 2.59. The lowest BCUT2D eigenvalue weighted by atomic mass is 10.2. The van der Waals surface area contributed by atoms with Gasteiger partial charge in [-0.3, -0.25) is 4.79 Å². The van der Waals surface area contributed by atoms with Crippen molar-refractivity contribution in [1.82, 2.24) is 4.98 Å². The molecule has 0 saturated carbocycles. The maximum atomic E-state index is 11.7. The summed E-state index contributed by atoms with van der Waals surface area (Å²) in [5, 5.41) is 2.85. The van der Waals surface area contributed by atoms with Gasteiger partial charge in [0.25, 0.3) is 0 Å². The molecular weight excluding hydrogens is 300 g/mol. The Balaban J connectivity index is 2.04. The van der Waals surface area contributed by atoms with Crippen molar-refractivity contribution in [2.24, 2.45) is 5.73 Å². The topological polar surface area (TPSA) is 71.2 Å². The Bertz CT molecular complexity index is 626. The third-order valence-electron chi connectivity index (χ3n) is 3.75. The van der Waals surface area contributed by atoms with E-state index in [0.29, 0.717) is 31.1 Å². The Morgan fingerprint density at radius 2 is 1.96 bits per heavy atom. The van der Waals surface area contributed by atoms with Gasteiger partial charge in [0.2, 0.25) is 5.91 Å². The third kappa shape index (κ3) is 5.35. The number of nitrogens with one attached hydrogen (secondary N) is 1. The Kier molecular flexibility index (Phi) is 6.75. The number of nitrogens with zero attached hydrogens (tertiary/aromatic N) is 2. The summed E-state index contributed by atoms with van der Waals surface area (Å²) in [6.07, 6.45) is 2.83. The summed E-state index contributed by atoms with van der Waals surface area (Å²) in [7, 11) is 0. The Morgan fingerprint density at radius 1 is 1.21 bits per heavy atom. The van der Waals surface area contributed by atoms with Gasteiger partial charge in [-0.05, 0) is 44.5 Å². The second-order valence-electron chi connectivity index (χ2n) is 6.05. The van der Waals surface area contributed by atoms with E-state index in [2.05, 4.69) is 41.2 Å². The van der Waals surface area contributed by atoms with Crippen molar-refractivity contribution in [3.8, 4) is 0 Å². The maximum absolute atomic E-state index is 11.7. The molecule has 3 N–H and O–H groups in total. The molecule has 5 heteroatoms. The number of aromatic nitrogens is 1. The van der Waals surface area contributed by atoms with Crippen LogP contribution < -0.4 is 16.0 Å². The lowest BCUT2D eigenvalue weighted by Crippen LogP contribution is -2.30. The van der Waals surface area contributed by atoms with Crippen molar-refractivity contribution in [2.45, 2.75) is 39.3 Å². The number of rotatable bonds is 8. The number of hydrogen-bond acceptors (Lipinski definition) is 4. The molecule has 2 rings (SSSR count). The molecule has 5 nitrogen and oxygen atoms in total. The lowest BCUT2D eigenvalue weighted by molar-refractivity contribution is -0.116. The van der Waals surface area contributed by atoms with Crippen LogP contribution in [0.3, 0.4) is 0 Å². The van der Waals surface area contributed by atoms with Crippen LogP contribution in [0.5, 0.6) is 0 Å². The van der Waals surface area contributed by atoms with Crippen LogP contribution in [0.15, 0.2) is 48.7 Å². The fraction of sp³-hybridized carbons (Fsp3) is 0.368. The summed E-state index contributed by atoms with van der Waals surface area (Å²) < 4.78 is 0. The smallest absolute Gasteiger partial charge is 0.224 e. The van der Waals surface area contributed by atoms with Gasteiger partial charge in [0.1, 0.15) is 5.82 Å². The minimum Gasteiger partial charge on any atom is -0.350 e. The third-order valence-corrected chi connectivity index (χ3v) is 3.75. The fourth-order valence-electron chi connectivity index (χ4n) is 2.42. The molecule has 1 amide bonds. The first-order chi connectivity index (χ1) is 11.6. The highest BCUT2D eigenvalue weighted by Gasteiger charge is 2.13. The number of carbonyl (C=O) groups is 1. The van der Waals surface area contributed by atoms with Gasteiger partial charge in [-0.1, -0.05) is 30.3 Å². The van der Waals surface area contributed by atoms with Crippen LogP contribution in [0.25, 0.3) is 0 Å². The van der Waals surface area contributed by atoms with E-state index in [-0.39, 0.29) is 5.91 Å². The molecule has 0 spiro atoms. The summed E-state index contributed by atoms with van der Waals surface area (Å²) in [5.41, 5.74) is 7.37. The number of anilines is 2. The van der Waals surface area contributed by atoms with E-state index in [4.69, 9.17) is 5.73 Å². The number of benzene rings is 1. The molecule has 0 radical (unpaired) electrons. The predicted octanol–water partition coefficient (Wildman–Crippen LogP) is 3.17. The fourth-order valence-corrected chi connectivity index (χ4v) is 2.42. The van der Waals surface area contributed by atoms with Gasteiger partial charge in [-0.15, -0.1) is 0 Å². The average molecular weight is 326 g/mol. The van der Waals surface area contributed by atoms with Crippen LogP contribution in [-0.2, 0) is 11.3 Å². The Hall–Kier alpha value is -2.40. The number of pyridine rings is 1. The first-order valence-corrected chi connectivity index (χ1v) is 8.36. The highest BCUT2D eigenvalue weighted by molar-refractivity contribution is 5.90. The first kappa shape index (κ1) is 17.9. The van der Waals surface area contributed by atoms with Crippen LogP contribution in [0, 0.1) is 0 Å². The number of amides is 1. The Labute approximate surface area is 143 Å². The van der Waals surface area contributed by atoms with Crippen molar-refractivity contribution in [1.29, 1.82) is 0 Å². The maximum Gasteiger partial charge on any atom is 0.224 e. The van der Waals surface area contributed by atoms with Crippen molar-refractivity contribution >= 4 is 17.4 Å². The van der Waals surface area contributed by atoms with Gasteiger partial charge in [-0.2, -0.15) is 0 Å². The summed E-state index contributed by atoms with van der Waals surface area (Å²) in [6, 6.07) is 14.5. The predicted molar refractivity (Wildman–Crippen MR) is 98.9 cm³/mol. The normalized spacial score (nSPS) is 10.7. The van der Waals surface area contributed by atoms with Gasteiger partial charge in [-0.25, -0.2) is 4.98 Å². The van der Waals surface area contributed by atoms with Crippen LogP contribution >= 0.6 is 0 Å². The zero-order chi connectivity index (χ0) is 17.4.